The maximum absolute atomic E-state index is 5.61. The molecule has 0 amide bonds. The third kappa shape index (κ3) is 5.35. The van der Waals surface area contributed by atoms with Crippen molar-refractivity contribution < 1.29 is 9.47 Å². The zero-order chi connectivity index (χ0) is 14.4. The van der Waals surface area contributed by atoms with E-state index in [0.717, 1.165) is 53.3 Å². The molecule has 3 nitrogen and oxygen atoms in total. The summed E-state index contributed by atoms with van der Waals surface area (Å²) in [6.07, 6.45) is 3.78. The van der Waals surface area contributed by atoms with Crippen LogP contribution in [0.3, 0.4) is 0 Å². The number of halogens is 2. The number of hydrogen-bond acceptors (Lipinski definition) is 3. The van der Waals surface area contributed by atoms with Crippen molar-refractivity contribution in [2.75, 3.05) is 26.9 Å². The highest BCUT2D eigenvalue weighted by Gasteiger charge is 2.20. The largest absolute Gasteiger partial charge is 0.494 e. The summed E-state index contributed by atoms with van der Waals surface area (Å²) in [5, 5.41) is 3.43. The Morgan fingerprint density at radius 1 is 1.25 bits per heavy atom. The summed E-state index contributed by atoms with van der Waals surface area (Å²) in [6.45, 7) is 3.65. The molecule has 0 radical (unpaired) electrons. The molecule has 0 atom stereocenters. The van der Waals surface area contributed by atoms with E-state index in [-0.39, 0.29) is 0 Å². The first-order valence-corrected chi connectivity index (χ1v) is 8.59. The summed E-state index contributed by atoms with van der Waals surface area (Å²) in [5.41, 5.74) is 1.23. The molecule has 1 N–H and O–H groups in total. The van der Waals surface area contributed by atoms with Crippen LogP contribution in [0.5, 0.6) is 5.75 Å². The smallest absolute Gasteiger partial charge is 0.147 e. The number of benzene rings is 1. The van der Waals surface area contributed by atoms with Gasteiger partial charge in [-0.05, 0) is 81.3 Å². The van der Waals surface area contributed by atoms with Crippen LogP contribution in [-0.2, 0) is 11.3 Å². The predicted molar refractivity (Wildman–Crippen MR) is 88.3 cm³/mol. The van der Waals surface area contributed by atoms with Crippen molar-refractivity contribution in [1.29, 1.82) is 0 Å². The summed E-state index contributed by atoms with van der Waals surface area (Å²) in [4.78, 5) is 0. The van der Waals surface area contributed by atoms with Gasteiger partial charge in [0.15, 0.2) is 0 Å². The molecular weight excluding hydrogens is 386 g/mol. The van der Waals surface area contributed by atoms with Crippen LogP contribution in [0.1, 0.15) is 24.8 Å². The van der Waals surface area contributed by atoms with E-state index in [4.69, 9.17) is 9.47 Å². The molecule has 1 aromatic carbocycles. The van der Waals surface area contributed by atoms with Gasteiger partial charge in [0.05, 0.1) is 16.1 Å². The second-order valence-corrected chi connectivity index (χ2v) is 6.85. The van der Waals surface area contributed by atoms with E-state index in [2.05, 4.69) is 49.3 Å². The summed E-state index contributed by atoms with van der Waals surface area (Å²) >= 11 is 7.04. The van der Waals surface area contributed by atoms with E-state index < -0.39 is 0 Å². The maximum Gasteiger partial charge on any atom is 0.147 e. The Bertz CT molecular complexity index is 413. The number of ether oxygens (including phenoxy) is 2. The normalized spacial score (nSPS) is 14.6. The zero-order valence-electron chi connectivity index (χ0n) is 11.8. The van der Waals surface area contributed by atoms with Gasteiger partial charge in [-0.25, -0.2) is 0 Å². The highest BCUT2D eigenvalue weighted by Crippen LogP contribution is 2.34. The number of nitrogens with one attached hydrogen (secondary N) is 1. The lowest BCUT2D eigenvalue weighted by Crippen LogP contribution is -2.16. The molecule has 5 heteroatoms. The molecule has 1 aromatic rings. The molecule has 0 saturated heterocycles. The lowest BCUT2D eigenvalue weighted by Gasteiger charge is -2.10. The van der Waals surface area contributed by atoms with Crippen molar-refractivity contribution >= 4 is 31.9 Å². The first kappa shape index (κ1) is 16.3. The molecule has 2 rings (SSSR count). The van der Waals surface area contributed by atoms with Crippen LogP contribution >= 0.6 is 31.9 Å². The fourth-order valence-corrected chi connectivity index (χ4v) is 3.58. The molecule has 0 spiro atoms. The summed E-state index contributed by atoms with van der Waals surface area (Å²) in [7, 11) is 1.67. The predicted octanol–water partition coefficient (Wildman–Crippen LogP) is 4.13. The van der Waals surface area contributed by atoms with Gasteiger partial charge in [-0.3, -0.25) is 0 Å². The van der Waals surface area contributed by atoms with Crippen molar-refractivity contribution in [1.82, 2.24) is 5.32 Å². The minimum Gasteiger partial charge on any atom is -0.494 e. The van der Waals surface area contributed by atoms with Crippen molar-refractivity contribution in [3.8, 4) is 5.75 Å². The molecule has 1 fully saturated rings. The first-order chi connectivity index (χ1) is 9.70. The Morgan fingerprint density at radius 2 is 1.95 bits per heavy atom. The highest BCUT2D eigenvalue weighted by atomic mass is 79.9. The van der Waals surface area contributed by atoms with E-state index in [9.17, 15) is 0 Å². The van der Waals surface area contributed by atoms with Crippen molar-refractivity contribution in [2.24, 2.45) is 5.92 Å². The van der Waals surface area contributed by atoms with Crippen LogP contribution in [0.15, 0.2) is 21.1 Å². The van der Waals surface area contributed by atoms with Crippen LogP contribution in [-0.4, -0.2) is 26.9 Å². The third-order valence-electron chi connectivity index (χ3n) is 3.28. The van der Waals surface area contributed by atoms with Gasteiger partial charge in [0.25, 0.3) is 0 Å². The molecular formula is C15H21Br2NO2. The van der Waals surface area contributed by atoms with Gasteiger partial charge in [-0.1, -0.05) is 0 Å². The molecule has 0 heterocycles. The van der Waals surface area contributed by atoms with E-state index in [1.54, 1.807) is 7.11 Å². The molecule has 20 heavy (non-hydrogen) atoms. The maximum atomic E-state index is 5.61. The third-order valence-corrected chi connectivity index (χ3v) is 4.46. The quantitative estimate of drug-likeness (QED) is 0.625. The highest BCUT2D eigenvalue weighted by molar-refractivity contribution is 9.11. The fourth-order valence-electron chi connectivity index (χ4n) is 1.98. The summed E-state index contributed by atoms with van der Waals surface area (Å²) in [5.74, 6) is 1.69. The number of rotatable bonds is 9. The summed E-state index contributed by atoms with van der Waals surface area (Å²) in [6, 6.07) is 4.17. The zero-order valence-corrected chi connectivity index (χ0v) is 14.9. The van der Waals surface area contributed by atoms with Gasteiger partial charge >= 0.3 is 0 Å². The van der Waals surface area contributed by atoms with Crippen LogP contribution in [0.2, 0.25) is 0 Å². The van der Waals surface area contributed by atoms with Crippen LogP contribution in [0.4, 0.5) is 0 Å². The molecule has 112 valence electrons. The van der Waals surface area contributed by atoms with Gasteiger partial charge in [0.2, 0.25) is 0 Å². The van der Waals surface area contributed by atoms with E-state index >= 15 is 0 Å². The van der Waals surface area contributed by atoms with E-state index in [1.165, 1.54) is 18.4 Å². The van der Waals surface area contributed by atoms with E-state index in [1.807, 2.05) is 0 Å². The molecule has 1 saturated carbocycles. The lowest BCUT2D eigenvalue weighted by molar-refractivity contribution is 0.122. The second kappa shape index (κ2) is 8.37. The monoisotopic (exact) mass is 405 g/mol. The van der Waals surface area contributed by atoms with Gasteiger partial charge in [-0.2, -0.15) is 0 Å². The Hall–Kier alpha value is -0.100. The van der Waals surface area contributed by atoms with Crippen molar-refractivity contribution in [3.63, 3.8) is 0 Å². The van der Waals surface area contributed by atoms with Crippen molar-refractivity contribution in [2.45, 2.75) is 25.8 Å². The Morgan fingerprint density at radius 3 is 2.55 bits per heavy atom. The van der Waals surface area contributed by atoms with Crippen molar-refractivity contribution in [3.05, 3.63) is 26.6 Å². The molecule has 0 aliphatic heterocycles. The first-order valence-electron chi connectivity index (χ1n) is 7.01. The average molecular weight is 407 g/mol. The lowest BCUT2D eigenvalue weighted by atomic mass is 10.2. The minimum atomic E-state index is 0.835. The number of methoxy groups -OCH3 is 1. The Kier molecular flexibility index (Phi) is 6.81. The fraction of sp³-hybridized carbons (Fsp3) is 0.600. The molecule has 1 aliphatic rings. The van der Waals surface area contributed by atoms with E-state index in [0.29, 0.717) is 0 Å². The molecule has 1 aliphatic carbocycles. The SMILES string of the molecule is COc1c(Br)cc(CNCCCOCC2CC2)cc1Br. The Balaban J connectivity index is 1.63. The standard InChI is InChI=1S/C15H21Br2NO2/c1-19-15-13(16)7-12(8-14(15)17)9-18-5-2-6-20-10-11-3-4-11/h7-8,11,18H,2-6,9-10H2,1H3. The molecule has 0 unspecified atom stereocenters. The van der Waals surface area contributed by atoms with Crippen LogP contribution < -0.4 is 10.1 Å². The molecule has 0 bridgehead atoms. The minimum absolute atomic E-state index is 0.835. The molecule has 0 aromatic heterocycles. The van der Waals surface area contributed by atoms with Gasteiger partial charge in [-0.15, -0.1) is 0 Å². The average Bonchev–Trinajstić information content (AvgIpc) is 3.21. The van der Waals surface area contributed by atoms with Crippen LogP contribution in [0, 0.1) is 5.92 Å². The topological polar surface area (TPSA) is 30.5 Å². The second-order valence-electron chi connectivity index (χ2n) is 5.14. The van der Waals surface area contributed by atoms with Gasteiger partial charge in [0.1, 0.15) is 5.75 Å². The van der Waals surface area contributed by atoms with Gasteiger partial charge < -0.3 is 14.8 Å². The van der Waals surface area contributed by atoms with Crippen LogP contribution in [0.25, 0.3) is 0 Å². The Labute approximate surface area is 137 Å². The number of hydrogen-bond donors (Lipinski definition) is 1. The van der Waals surface area contributed by atoms with Gasteiger partial charge in [0, 0.05) is 19.8 Å². The summed E-state index contributed by atoms with van der Waals surface area (Å²) < 4.78 is 12.8.